The number of rotatable bonds is 6. The van der Waals surface area contributed by atoms with Crippen molar-refractivity contribution in [3.8, 4) is 22.9 Å². The molecular formula is C13H16N4O4. The molecule has 0 bridgehead atoms. The minimum absolute atomic E-state index is 0.165. The van der Waals surface area contributed by atoms with Crippen molar-refractivity contribution < 1.29 is 19.4 Å². The molecule has 1 unspecified atom stereocenters. The Morgan fingerprint density at radius 1 is 1.38 bits per heavy atom. The molecule has 0 fully saturated rings. The van der Waals surface area contributed by atoms with Crippen molar-refractivity contribution in [2.24, 2.45) is 5.92 Å². The fourth-order valence-electron chi connectivity index (χ4n) is 1.85. The summed E-state index contributed by atoms with van der Waals surface area (Å²) >= 11 is 0. The second-order valence-corrected chi connectivity index (χ2v) is 4.49. The predicted molar refractivity (Wildman–Crippen MR) is 73.2 cm³/mol. The topological polar surface area (TPSA) is 99.4 Å². The molecule has 0 aliphatic rings. The van der Waals surface area contributed by atoms with Gasteiger partial charge in [0.05, 0.1) is 32.2 Å². The molecule has 1 aromatic heterocycles. The second kappa shape index (κ2) is 6.21. The molecule has 0 spiro atoms. The molecule has 8 nitrogen and oxygen atoms in total. The van der Waals surface area contributed by atoms with Crippen LogP contribution in [-0.2, 0) is 11.3 Å². The number of carbonyl (C=O) groups is 1. The van der Waals surface area contributed by atoms with Gasteiger partial charge in [0.25, 0.3) is 0 Å². The van der Waals surface area contributed by atoms with Gasteiger partial charge in [-0.05, 0) is 28.6 Å². The van der Waals surface area contributed by atoms with E-state index in [1.54, 1.807) is 39.3 Å². The Morgan fingerprint density at radius 2 is 2.14 bits per heavy atom. The number of aliphatic carboxylic acids is 1. The van der Waals surface area contributed by atoms with Crippen molar-refractivity contribution >= 4 is 5.97 Å². The van der Waals surface area contributed by atoms with Crippen LogP contribution < -0.4 is 9.47 Å². The fourth-order valence-corrected chi connectivity index (χ4v) is 1.85. The van der Waals surface area contributed by atoms with Gasteiger partial charge >= 0.3 is 5.97 Å². The Morgan fingerprint density at radius 3 is 2.76 bits per heavy atom. The maximum atomic E-state index is 11.0. The molecule has 112 valence electrons. The van der Waals surface area contributed by atoms with Crippen LogP contribution in [0.25, 0.3) is 11.4 Å². The van der Waals surface area contributed by atoms with E-state index in [4.69, 9.17) is 14.6 Å². The lowest BCUT2D eigenvalue weighted by atomic mass is 10.1. The highest BCUT2D eigenvalue weighted by atomic mass is 16.5. The summed E-state index contributed by atoms with van der Waals surface area (Å²) < 4.78 is 11.9. The molecule has 0 aliphatic heterocycles. The average Bonchev–Trinajstić information content (AvgIpc) is 2.94. The van der Waals surface area contributed by atoms with E-state index in [9.17, 15) is 4.79 Å². The van der Waals surface area contributed by atoms with Crippen molar-refractivity contribution in [2.45, 2.75) is 13.5 Å². The largest absolute Gasteiger partial charge is 0.497 e. The van der Waals surface area contributed by atoms with Gasteiger partial charge in [0.1, 0.15) is 11.5 Å². The summed E-state index contributed by atoms with van der Waals surface area (Å²) in [7, 11) is 3.10. The van der Waals surface area contributed by atoms with Crippen molar-refractivity contribution in [1.82, 2.24) is 20.2 Å². The van der Waals surface area contributed by atoms with E-state index in [1.165, 1.54) is 4.68 Å². The van der Waals surface area contributed by atoms with Crippen LogP contribution in [0.15, 0.2) is 18.2 Å². The first-order chi connectivity index (χ1) is 10.1. The molecule has 0 aliphatic carbocycles. The molecule has 8 heteroatoms. The number of ether oxygens (including phenoxy) is 2. The van der Waals surface area contributed by atoms with Crippen molar-refractivity contribution in [3.05, 3.63) is 18.2 Å². The molecule has 2 aromatic rings. The quantitative estimate of drug-likeness (QED) is 0.850. The van der Waals surface area contributed by atoms with E-state index >= 15 is 0 Å². The first kappa shape index (κ1) is 14.8. The summed E-state index contributed by atoms with van der Waals surface area (Å²) in [5, 5.41) is 20.4. The number of methoxy groups -OCH3 is 2. The Hall–Kier alpha value is -2.64. The van der Waals surface area contributed by atoms with Gasteiger partial charge in [-0.25, -0.2) is 4.68 Å². The monoisotopic (exact) mass is 292 g/mol. The van der Waals surface area contributed by atoms with Crippen LogP contribution in [0.5, 0.6) is 11.5 Å². The summed E-state index contributed by atoms with van der Waals surface area (Å²) in [5.74, 6) is 0.123. The third-order valence-electron chi connectivity index (χ3n) is 3.05. The summed E-state index contributed by atoms with van der Waals surface area (Å²) in [6.07, 6.45) is 0. The van der Waals surface area contributed by atoms with Gasteiger partial charge in [-0.3, -0.25) is 4.79 Å². The number of nitrogens with zero attached hydrogens (tertiary/aromatic N) is 4. The molecule has 1 aromatic carbocycles. The highest BCUT2D eigenvalue weighted by Crippen LogP contribution is 2.31. The zero-order valence-electron chi connectivity index (χ0n) is 12.0. The number of aromatic nitrogens is 4. The van der Waals surface area contributed by atoms with E-state index in [1.807, 2.05) is 0 Å². The highest BCUT2D eigenvalue weighted by molar-refractivity contribution is 5.70. The number of carboxylic acid groups (broad SMARTS) is 1. The molecular weight excluding hydrogens is 276 g/mol. The number of tetrazole rings is 1. The maximum Gasteiger partial charge on any atom is 0.308 e. The van der Waals surface area contributed by atoms with Gasteiger partial charge in [-0.2, -0.15) is 0 Å². The lowest BCUT2D eigenvalue weighted by molar-refractivity contribution is -0.141. The fraction of sp³-hybridized carbons (Fsp3) is 0.385. The highest BCUT2D eigenvalue weighted by Gasteiger charge is 2.19. The number of hydrogen-bond donors (Lipinski definition) is 1. The van der Waals surface area contributed by atoms with Crippen molar-refractivity contribution in [3.63, 3.8) is 0 Å². The van der Waals surface area contributed by atoms with Crippen LogP contribution in [-0.4, -0.2) is 45.5 Å². The Labute approximate surface area is 121 Å². The van der Waals surface area contributed by atoms with Crippen LogP contribution in [0.3, 0.4) is 0 Å². The van der Waals surface area contributed by atoms with E-state index in [-0.39, 0.29) is 6.54 Å². The summed E-state index contributed by atoms with van der Waals surface area (Å²) in [6.45, 7) is 1.76. The second-order valence-electron chi connectivity index (χ2n) is 4.49. The minimum atomic E-state index is -0.908. The van der Waals surface area contributed by atoms with Crippen LogP contribution in [0.2, 0.25) is 0 Å². The number of hydrogen-bond acceptors (Lipinski definition) is 6. The standard InChI is InChI=1S/C13H16N4O4/c1-8(13(18)19)7-17-12(14-15-16-17)10-6-9(20-2)4-5-11(10)21-3/h4-6,8H,7H2,1-3H3,(H,18,19). The molecule has 1 N–H and O–H groups in total. The number of carboxylic acids is 1. The van der Waals surface area contributed by atoms with Gasteiger partial charge in [0, 0.05) is 0 Å². The summed E-state index contributed by atoms with van der Waals surface area (Å²) in [6, 6.07) is 5.25. The van der Waals surface area contributed by atoms with Crippen molar-refractivity contribution in [2.75, 3.05) is 14.2 Å². The van der Waals surface area contributed by atoms with Crippen LogP contribution >= 0.6 is 0 Å². The van der Waals surface area contributed by atoms with Crippen LogP contribution in [0.1, 0.15) is 6.92 Å². The van der Waals surface area contributed by atoms with Crippen LogP contribution in [0.4, 0.5) is 0 Å². The van der Waals surface area contributed by atoms with Gasteiger partial charge < -0.3 is 14.6 Å². The maximum absolute atomic E-state index is 11.0. The lowest BCUT2D eigenvalue weighted by Gasteiger charge is -2.11. The smallest absolute Gasteiger partial charge is 0.308 e. The Kier molecular flexibility index (Phi) is 4.36. The third-order valence-corrected chi connectivity index (χ3v) is 3.05. The minimum Gasteiger partial charge on any atom is -0.497 e. The van der Waals surface area contributed by atoms with E-state index < -0.39 is 11.9 Å². The Bertz CT molecular complexity index is 641. The zero-order valence-corrected chi connectivity index (χ0v) is 12.0. The molecule has 0 saturated heterocycles. The van der Waals surface area contributed by atoms with E-state index in [0.29, 0.717) is 22.9 Å². The lowest BCUT2D eigenvalue weighted by Crippen LogP contribution is -2.18. The summed E-state index contributed by atoms with van der Waals surface area (Å²) in [5.41, 5.74) is 0.638. The van der Waals surface area contributed by atoms with Crippen LogP contribution in [0, 0.1) is 5.92 Å². The molecule has 0 amide bonds. The van der Waals surface area contributed by atoms with Gasteiger partial charge in [0.15, 0.2) is 5.82 Å². The normalized spacial score (nSPS) is 12.0. The molecule has 21 heavy (non-hydrogen) atoms. The van der Waals surface area contributed by atoms with Crippen molar-refractivity contribution in [1.29, 1.82) is 0 Å². The summed E-state index contributed by atoms with van der Waals surface area (Å²) in [4.78, 5) is 11.0. The zero-order chi connectivity index (χ0) is 15.4. The third kappa shape index (κ3) is 3.10. The first-order valence-electron chi connectivity index (χ1n) is 6.28. The average molecular weight is 292 g/mol. The predicted octanol–water partition coefficient (Wildman–Crippen LogP) is 1.08. The van der Waals surface area contributed by atoms with Gasteiger partial charge in [0.2, 0.25) is 0 Å². The first-order valence-corrected chi connectivity index (χ1v) is 6.28. The van der Waals surface area contributed by atoms with E-state index in [2.05, 4.69) is 15.5 Å². The molecule has 0 radical (unpaired) electrons. The van der Waals surface area contributed by atoms with E-state index in [0.717, 1.165) is 0 Å². The molecule has 1 heterocycles. The molecule has 2 rings (SSSR count). The molecule has 1 atom stereocenters. The Balaban J connectivity index is 2.43. The van der Waals surface area contributed by atoms with Gasteiger partial charge in [-0.15, -0.1) is 5.10 Å². The SMILES string of the molecule is COc1ccc(OC)c(-c2nnnn2CC(C)C(=O)O)c1. The van der Waals surface area contributed by atoms with Gasteiger partial charge in [-0.1, -0.05) is 6.92 Å². The molecule has 0 saturated carbocycles. The number of benzene rings is 1.